The van der Waals surface area contributed by atoms with Gasteiger partial charge in [-0.15, -0.1) is 0 Å². The molecule has 0 aromatic heterocycles. The summed E-state index contributed by atoms with van der Waals surface area (Å²) in [6, 6.07) is 4.38. The van der Waals surface area contributed by atoms with E-state index in [1.807, 2.05) is 6.92 Å². The van der Waals surface area contributed by atoms with Crippen molar-refractivity contribution in [2.24, 2.45) is 17.8 Å². The van der Waals surface area contributed by atoms with Crippen LogP contribution in [0.5, 0.6) is 11.5 Å². The predicted octanol–water partition coefficient (Wildman–Crippen LogP) is 4.85. The predicted molar refractivity (Wildman–Crippen MR) is 142 cm³/mol. The largest absolute Gasteiger partial charge is 0.493 e. The number of nitrogens with one attached hydrogen (secondary N) is 1. The summed E-state index contributed by atoms with van der Waals surface area (Å²) in [5.41, 5.74) is -0.152. The molecule has 3 N–H and O–H groups in total. The number of alkyl carbamates (subject to hydrolysis) is 1. The van der Waals surface area contributed by atoms with E-state index in [2.05, 4.69) is 19.2 Å². The fourth-order valence-electron chi connectivity index (χ4n) is 4.00. The zero-order chi connectivity index (χ0) is 28.3. The number of hydrogen-bond acceptors (Lipinski definition) is 7. The fraction of sp³-hybridized carbons (Fsp3) is 0.714. The lowest BCUT2D eigenvalue weighted by molar-refractivity contribution is -0.143. The monoisotopic (exact) mass is 525 g/mol. The molecule has 0 saturated carbocycles. The maximum Gasteiger partial charge on any atom is 0.407 e. The van der Waals surface area contributed by atoms with Crippen LogP contribution >= 0.6 is 0 Å². The number of amides is 1. The maximum absolute atomic E-state index is 12.7. The van der Waals surface area contributed by atoms with Gasteiger partial charge in [-0.05, 0) is 56.7 Å². The van der Waals surface area contributed by atoms with Crippen molar-refractivity contribution in [1.29, 1.82) is 0 Å². The van der Waals surface area contributed by atoms with Crippen LogP contribution in [-0.2, 0) is 14.3 Å². The van der Waals surface area contributed by atoms with Crippen molar-refractivity contribution >= 4 is 12.1 Å². The van der Waals surface area contributed by atoms with Crippen LogP contribution in [0.25, 0.3) is 0 Å². The third-order valence-electron chi connectivity index (χ3n) is 6.50. The molecule has 1 aromatic carbocycles. The number of aliphatic carboxylic acids is 1. The summed E-state index contributed by atoms with van der Waals surface area (Å²) in [6.45, 7) is 13.9. The highest BCUT2D eigenvalue weighted by Gasteiger charge is 2.38. The van der Waals surface area contributed by atoms with Crippen LogP contribution in [-0.4, -0.2) is 67.5 Å². The Labute approximate surface area is 221 Å². The first-order chi connectivity index (χ1) is 17.2. The van der Waals surface area contributed by atoms with Crippen molar-refractivity contribution < 1.29 is 38.7 Å². The Hall–Kier alpha value is -2.52. The van der Waals surface area contributed by atoms with Crippen molar-refractivity contribution in [3.05, 3.63) is 23.8 Å². The zero-order valence-electron chi connectivity index (χ0n) is 23.9. The first kappa shape index (κ1) is 32.5. The second-order valence-corrected chi connectivity index (χ2v) is 11.0. The van der Waals surface area contributed by atoms with Crippen LogP contribution in [0.1, 0.15) is 72.8 Å². The average molecular weight is 526 g/mol. The molecule has 37 heavy (non-hydrogen) atoms. The van der Waals surface area contributed by atoms with Gasteiger partial charge in [-0.3, -0.25) is 4.79 Å². The summed E-state index contributed by atoms with van der Waals surface area (Å²) in [7, 11) is 3.14. The molecule has 0 aliphatic carbocycles. The number of benzene rings is 1. The van der Waals surface area contributed by atoms with E-state index in [0.717, 1.165) is 0 Å². The first-order valence-electron chi connectivity index (χ1n) is 12.9. The van der Waals surface area contributed by atoms with Crippen molar-refractivity contribution in [3.8, 4) is 11.5 Å². The molecule has 5 unspecified atom stereocenters. The molecular formula is C28H47NO8. The molecule has 0 fully saturated rings. The van der Waals surface area contributed by atoms with E-state index in [9.17, 15) is 19.8 Å². The standard InChI is InChI=1S/C28H47NO8/c1-17(2)18(3)15-21(29-27(33)37-28(5,6)7)25(30)24(19(4)26(31)32)20-11-12-22(35-9)23(16-20)36-14-10-13-34-8/h11-12,16-19,21,24-25,30H,10,13-15H2,1-9H3,(H,29,33)(H,31,32). The van der Waals surface area contributed by atoms with E-state index in [1.165, 1.54) is 7.11 Å². The van der Waals surface area contributed by atoms with E-state index in [1.54, 1.807) is 53.0 Å². The summed E-state index contributed by atoms with van der Waals surface area (Å²) >= 11 is 0. The number of rotatable bonds is 15. The van der Waals surface area contributed by atoms with E-state index in [4.69, 9.17) is 18.9 Å². The summed E-state index contributed by atoms with van der Waals surface area (Å²) in [6.07, 6.45) is -0.769. The zero-order valence-corrected chi connectivity index (χ0v) is 23.9. The molecule has 9 nitrogen and oxygen atoms in total. The molecular weight excluding hydrogens is 478 g/mol. The Bertz CT molecular complexity index is 851. The first-order valence-corrected chi connectivity index (χ1v) is 12.9. The molecule has 1 rings (SSSR count). The van der Waals surface area contributed by atoms with Crippen molar-refractivity contribution in [1.82, 2.24) is 5.32 Å². The van der Waals surface area contributed by atoms with Crippen LogP contribution in [0.3, 0.4) is 0 Å². The van der Waals surface area contributed by atoms with E-state index >= 15 is 0 Å². The number of carboxylic acid groups (broad SMARTS) is 1. The summed E-state index contributed by atoms with van der Waals surface area (Å²) < 4.78 is 21.8. The Morgan fingerprint density at radius 3 is 2.19 bits per heavy atom. The number of aliphatic hydroxyl groups excluding tert-OH is 1. The second-order valence-electron chi connectivity index (χ2n) is 11.0. The van der Waals surface area contributed by atoms with Gasteiger partial charge in [-0.2, -0.15) is 0 Å². The third-order valence-corrected chi connectivity index (χ3v) is 6.50. The average Bonchev–Trinajstić information content (AvgIpc) is 2.80. The molecule has 0 radical (unpaired) electrons. The van der Waals surface area contributed by atoms with Gasteiger partial charge in [0.1, 0.15) is 5.60 Å². The van der Waals surface area contributed by atoms with Gasteiger partial charge < -0.3 is 34.5 Å². The number of hydrogen-bond donors (Lipinski definition) is 3. The molecule has 1 aromatic rings. The Balaban J connectivity index is 3.43. The molecule has 5 atom stereocenters. The van der Waals surface area contributed by atoms with Crippen LogP contribution < -0.4 is 14.8 Å². The molecule has 0 bridgehead atoms. The van der Waals surface area contributed by atoms with Crippen LogP contribution in [0, 0.1) is 17.8 Å². The van der Waals surface area contributed by atoms with Crippen LogP contribution in [0.4, 0.5) is 4.79 Å². The molecule has 0 saturated heterocycles. The minimum Gasteiger partial charge on any atom is -0.493 e. The SMILES string of the molecule is COCCCOc1cc(C(C(C)C(=O)O)C(O)C(CC(C)C(C)C)NC(=O)OC(C)(C)C)ccc1OC. The number of carbonyl (C=O) groups excluding carboxylic acids is 1. The van der Waals surface area contributed by atoms with Gasteiger partial charge in [0.05, 0.1) is 31.8 Å². The van der Waals surface area contributed by atoms with Gasteiger partial charge in [-0.25, -0.2) is 4.79 Å². The van der Waals surface area contributed by atoms with Crippen molar-refractivity contribution in [2.45, 2.75) is 85.0 Å². The molecule has 0 spiro atoms. The fourth-order valence-corrected chi connectivity index (χ4v) is 4.00. The Morgan fingerprint density at radius 2 is 1.68 bits per heavy atom. The lowest BCUT2D eigenvalue weighted by atomic mass is 9.77. The second kappa shape index (κ2) is 15.0. The highest BCUT2D eigenvalue weighted by Crippen LogP contribution is 2.37. The molecule has 1 amide bonds. The highest BCUT2D eigenvalue weighted by molar-refractivity contribution is 5.71. The minimum absolute atomic E-state index is 0.144. The van der Waals surface area contributed by atoms with Crippen LogP contribution in [0.15, 0.2) is 18.2 Å². The van der Waals surface area contributed by atoms with E-state index in [-0.39, 0.29) is 5.92 Å². The summed E-state index contributed by atoms with van der Waals surface area (Å²) in [5, 5.41) is 24.4. The lowest BCUT2D eigenvalue weighted by Crippen LogP contribution is -2.50. The summed E-state index contributed by atoms with van der Waals surface area (Å²) in [4.78, 5) is 24.8. The number of methoxy groups -OCH3 is 2. The van der Waals surface area contributed by atoms with E-state index in [0.29, 0.717) is 49.0 Å². The number of carboxylic acids is 1. The molecule has 0 aliphatic rings. The van der Waals surface area contributed by atoms with Gasteiger partial charge >= 0.3 is 12.1 Å². The molecule has 0 aliphatic heterocycles. The van der Waals surface area contributed by atoms with Gasteiger partial charge in [-0.1, -0.05) is 33.8 Å². The number of aliphatic hydroxyl groups is 1. The van der Waals surface area contributed by atoms with Gasteiger partial charge in [0.25, 0.3) is 0 Å². The molecule has 0 heterocycles. The highest BCUT2D eigenvalue weighted by atomic mass is 16.6. The van der Waals surface area contributed by atoms with Crippen LogP contribution in [0.2, 0.25) is 0 Å². The third kappa shape index (κ3) is 10.8. The van der Waals surface area contributed by atoms with Crippen molar-refractivity contribution in [2.75, 3.05) is 27.4 Å². The number of ether oxygens (including phenoxy) is 4. The molecule has 9 heteroatoms. The Kier molecular flexibility index (Phi) is 13.2. The van der Waals surface area contributed by atoms with Gasteiger partial charge in [0.15, 0.2) is 11.5 Å². The lowest BCUT2D eigenvalue weighted by Gasteiger charge is -2.35. The molecule has 212 valence electrons. The number of carbonyl (C=O) groups is 2. The van der Waals surface area contributed by atoms with Crippen molar-refractivity contribution in [3.63, 3.8) is 0 Å². The normalized spacial score (nSPS) is 15.9. The maximum atomic E-state index is 12.7. The minimum atomic E-state index is -1.21. The quantitative estimate of drug-likeness (QED) is 0.278. The van der Waals surface area contributed by atoms with E-state index < -0.39 is 41.6 Å². The topological polar surface area (TPSA) is 124 Å². The van der Waals surface area contributed by atoms with Gasteiger partial charge in [0, 0.05) is 26.1 Å². The smallest absolute Gasteiger partial charge is 0.407 e. The van der Waals surface area contributed by atoms with Gasteiger partial charge in [0.2, 0.25) is 0 Å². The summed E-state index contributed by atoms with van der Waals surface area (Å²) in [5.74, 6) is -1.49. The Morgan fingerprint density at radius 1 is 1.03 bits per heavy atom.